The van der Waals surface area contributed by atoms with Crippen molar-refractivity contribution in [1.82, 2.24) is 5.43 Å². The molecule has 148 valence electrons. The van der Waals surface area contributed by atoms with Gasteiger partial charge in [0.15, 0.2) is 0 Å². The van der Waals surface area contributed by atoms with Gasteiger partial charge in [-0.05, 0) is 47.5 Å². The summed E-state index contributed by atoms with van der Waals surface area (Å²) in [5, 5.41) is 4.76. The van der Waals surface area contributed by atoms with Crippen LogP contribution in [0.15, 0.2) is 107 Å². The number of amides is 1. The van der Waals surface area contributed by atoms with Gasteiger partial charge in [-0.25, -0.2) is 5.43 Å². The van der Waals surface area contributed by atoms with Gasteiger partial charge in [0, 0.05) is 10.6 Å². The van der Waals surface area contributed by atoms with Gasteiger partial charge in [-0.3, -0.25) is 4.79 Å². The molecule has 0 aliphatic carbocycles. The Morgan fingerprint density at radius 2 is 1.43 bits per heavy atom. The zero-order chi connectivity index (χ0) is 20.8. The summed E-state index contributed by atoms with van der Waals surface area (Å²) in [6, 6.07) is 30.3. The smallest absolute Gasteiger partial charge is 0.252 e. The van der Waals surface area contributed by atoms with E-state index >= 15 is 0 Å². The third-order valence-electron chi connectivity index (χ3n) is 4.65. The van der Waals surface area contributed by atoms with Gasteiger partial charge >= 0.3 is 0 Å². The number of rotatable bonds is 6. The van der Waals surface area contributed by atoms with E-state index in [0.717, 1.165) is 16.7 Å². The molecule has 3 aromatic carbocycles. The molecule has 0 unspecified atom stereocenters. The van der Waals surface area contributed by atoms with Crippen LogP contribution >= 0.6 is 11.6 Å². The van der Waals surface area contributed by atoms with Gasteiger partial charge in [-0.15, -0.1) is 0 Å². The highest BCUT2D eigenvalue weighted by Gasteiger charge is 2.22. The maximum Gasteiger partial charge on any atom is 0.252 e. The van der Waals surface area contributed by atoms with Gasteiger partial charge in [-0.1, -0.05) is 72.3 Å². The molecular weight excluding hydrogens is 396 g/mol. The molecule has 0 aliphatic rings. The zero-order valence-electron chi connectivity index (χ0n) is 16.0. The highest BCUT2D eigenvalue weighted by molar-refractivity contribution is 6.30. The van der Waals surface area contributed by atoms with Crippen molar-refractivity contribution in [2.45, 2.75) is 5.92 Å². The third-order valence-corrected chi connectivity index (χ3v) is 4.90. The Bertz CT molecular complexity index is 1100. The molecule has 1 N–H and O–H groups in total. The summed E-state index contributed by atoms with van der Waals surface area (Å²) in [5.41, 5.74) is 5.36. The lowest BCUT2D eigenvalue weighted by Gasteiger charge is -2.16. The summed E-state index contributed by atoms with van der Waals surface area (Å²) in [6.07, 6.45) is 1.49. The molecule has 1 aromatic heterocycles. The van der Waals surface area contributed by atoms with Crippen molar-refractivity contribution in [2.24, 2.45) is 5.10 Å². The lowest BCUT2D eigenvalue weighted by Crippen LogP contribution is -2.26. The van der Waals surface area contributed by atoms with Crippen LogP contribution in [0.25, 0.3) is 11.3 Å². The molecule has 4 nitrogen and oxygen atoms in total. The summed E-state index contributed by atoms with van der Waals surface area (Å²) in [7, 11) is 0. The van der Waals surface area contributed by atoms with Crippen LogP contribution in [0.1, 0.15) is 22.8 Å². The normalized spacial score (nSPS) is 11.1. The van der Waals surface area contributed by atoms with Crippen molar-refractivity contribution in [3.8, 4) is 11.3 Å². The van der Waals surface area contributed by atoms with E-state index in [9.17, 15) is 4.79 Å². The predicted molar refractivity (Wildman–Crippen MR) is 120 cm³/mol. The molecule has 5 heteroatoms. The van der Waals surface area contributed by atoms with Crippen LogP contribution in [-0.4, -0.2) is 12.1 Å². The van der Waals surface area contributed by atoms with Gasteiger partial charge < -0.3 is 4.42 Å². The van der Waals surface area contributed by atoms with E-state index in [1.165, 1.54) is 6.21 Å². The summed E-state index contributed by atoms with van der Waals surface area (Å²) >= 11 is 5.92. The topological polar surface area (TPSA) is 54.6 Å². The number of carbonyl (C=O) groups is 1. The van der Waals surface area contributed by atoms with E-state index in [-0.39, 0.29) is 5.91 Å². The summed E-state index contributed by atoms with van der Waals surface area (Å²) in [6.45, 7) is 0. The minimum Gasteiger partial charge on any atom is -0.455 e. The lowest BCUT2D eigenvalue weighted by molar-refractivity contribution is -0.121. The number of furan rings is 1. The van der Waals surface area contributed by atoms with Crippen LogP contribution in [-0.2, 0) is 4.79 Å². The first-order valence-electron chi connectivity index (χ1n) is 9.49. The van der Waals surface area contributed by atoms with Crippen molar-refractivity contribution in [3.05, 3.63) is 119 Å². The maximum atomic E-state index is 12.9. The zero-order valence-corrected chi connectivity index (χ0v) is 16.8. The number of hydrazone groups is 1. The Kier molecular flexibility index (Phi) is 6.06. The molecule has 0 spiro atoms. The Balaban J connectivity index is 1.48. The van der Waals surface area contributed by atoms with Crippen LogP contribution < -0.4 is 5.43 Å². The Morgan fingerprint density at radius 3 is 2.03 bits per heavy atom. The fourth-order valence-corrected chi connectivity index (χ4v) is 3.33. The van der Waals surface area contributed by atoms with Crippen LogP contribution in [0.3, 0.4) is 0 Å². The van der Waals surface area contributed by atoms with Gasteiger partial charge in [0.05, 0.1) is 12.1 Å². The third kappa shape index (κ3) is 4.67. The van der Waals surface area contributed by atoms with E-state index in [0.29, 0.717) is 16.5 Å². The molecule has 0 aliphatic heterocycles. The molecule has 0 saturated heterocycles. The van der Waals surface area contributed by atoms with Crippen LogP contribution in [0.2, 0.25) is 5.02 Å². The fraction of sp³-hybridized carbons (Fsp3) is 0.0400. The number of benzene rings is 3. The van der Waals surface area contributed by atoms with Gasteiger partial charge in [0.25, 0.3) is 5.91 Å². The van der Waals surface area contributed by atoms with Crippen molar-refractivity contribution in [3.63, 3.8) is 0 Å². The number of carbonyl (C=O) groups excluding carboxylic acids is 1. The van der Waals surface area contributed by atoms with Crippen LogP contribution in [0, 0.1) is 0 Å². The minimum atomic E-state index is -0.453. The number of hydrogen-bond donors (Lipinski definition) is 1. The highest BCUT2D eigenvalue weighted by atomic mass is 35.5. The molecule has 0 saturated carbocycles. The van der Waals surface area contributed by atoms with Gasteiger partial charge in [0.1, 0.15) is 11.5 Å². The largest absolute Gasteiger partial charge is 0.455 e. The second-order valence-corrected chi connectivity index (χ2v) is 7.13. The molecular formula is C25H19ClN2O2. The molecule has 0 atom stereocenters. The molecule has 1 heterocycles. The van der Waals surface area contributed by atoms with E-state index in [2.05, 4.69) is 10.5 Å². The quantitative estimate of drug-likeness (QED) is 0.316. The minimum absolute atomic E-state index is 0.215. The van der Waals surface area contributed by atoms with E-state index in [4.69, 9.17) is 16.0 Å². The molecule has 1 amide bonds. The summed E-state index contributed by atoms with van der Waals surface area (Å²) in [4.78, 5) is 12.9. The van der Waals surface area contributed by atoms with Crippen molar-refractivity contribution in [2.75, 3.05) is 0 Å². The number of nitrogens with zero attached hydrogens (tertiary/aromatic N) is 1. The molecule has 4 aromatic rings. The SMILES string of the molecule is O=C(N/N=C/c1ccc(-c2ccc(Cl)cc2)o1)C(c1ccccc1)c1ccccc1. The van der Waals surface area contributed by atoms with Crippen molar-refractivity contribution >= 4 is 23.7 Å². The average molecular weight is 415 g/mol. The number of hydrogen-bond acceptors (Lipinski definition) is 3. The molecule has 0 radical (unpaired) electrons. The first-order valence-corrected chi connectivity index (χ1v) is 9.87. The Hall–Kier alpha value is -3.63. The monoisotopic (exact) mass is 414 g/mol. The van der Waals surface area contributed by atoms with Gasteiger partial charge in [-0.2, -0.15) is 5.10 Å². The molecule has 0 bridgehead atoms. The number of nitrogens with one attached hydrogen (secondary N) is 1. The van der Waals surface area contributed by atoms with E-state index in [1.54, 1.807) is 18.2 Å². The molecule has 30 heavy (non-hydrogen) atoms. The Labute approximate surface area is 179 Å². The van der Waals surface area contributed by atoms with E-state index in [1.807, 2.05) is 78.9 Å². The fourth-order valence-electron chi connectivity index (χ4n) is 3.20. The first-order chi connectivity index (χ1) is 14.7. The summed E-state index contributed by atoms with van der Waals surface area (Å²) in [5.74, 6) is 0.570. The van der Waals surface area contributed by atoms with Gasteiger partial charge in [0.2, 0.25) is 0 Å². The van der Waals surface area contributed by atoms with Crippen molar-refractivity contribution < 1.29 is 9.21 Å². The maximum absolute atomic E-state index is 12.9. The van der Waals surface area contributed by atoms with Crippen LogP contribution in [0.5, 0.6) is 0 Å². The van der Waals surface area contributed by atoms with Crippen molar-refractivity contribution in [1.29, 1.82) is 0 Å². The number of halogens is 1. The Morgan fingerprint density at radius 1 is 0.833 bits per heavy atom. The molecule has 0 fully saturated rings. The first kappa shape index (κ1) is 19.7. The highest BCUT2D eigenvalue weighted by Crippen LogP contribution is 2.25. The lowest BCUT2D eigenvalue weighted by atomic mass is 9.91. The summed E-state index contributed by atoms with van der Waals surface area (Å²) < 4.78 is 5.78. The average Bonchev–Trinajstić information content (AvgIpc) is 3.25. The van der Waals surface area contributed by atoms with E-state index < -0.39 is 5.92 Å². The molecule has 4 rings (SSSR count). The predicted octanol–water partition coefficient (Wildman–Crippen LogP) is 5.88. The standard InChI is InChI=1S/C25H19ClN2O2/c26-21-13-11-18(12-14-21)23-16-15-22(30-23)17-27-28-25(29)24(19-7-3-1-4-8-19)20-9-5-2-6-10-20/h1-17,24H,(H,28,29)/b27-17+. The second kappa shape index (κ2) is 9.25. The van der Waals surface area contributed by atoms with Crippen LogP contribution in [0.4, 0.5) is 0 Å². The second-order valence-electron chi connectivity index (χ2n) is 6.70.